The number of aliphatic hydroxyl groups is 1. The molecule has 2 heterocycles. The number of alkyl halides is 2. The molecule has 1 fully saturated rings. The Morgan fingerprint density at radius 2 is 2.00 bits per heavy atom. The predicted octanol–water partition coefficient (Wildman–Crippen LogP) is 2.26. The summed E-state index contributed by atoms with van der Waals surface area (Å²) in [5.74, 6) is -0.265. The highest BCUT2D eigenvalue weighted by atomic mass is 35.5. The molecule has 11 nitrogen and oxygen atoms in total. The second kappa shape index (κ2) is 11.7. The monoisotopic (exact) mass is 579 g/mol. The zero-order valence-corrected chi connectivity index (χ0v) is 22.9. The van der Waals surface area contributed by atoms with Gasteiger partial charge in [-0.15, -0.1) is 0 Å². The summed E-state index contributed by atoms with van der Waals surface area (Å²) in [7, 11) is 0. The van der Waals surface area contributed by atoms with Gasteiger partial charge in [-0.05, 0) is 51.6 Å². The van der Waals surface area contributed by atoms with Gasteiger partial charge < -0.3 is 23.6 Å². The lowest BCUT2D eigenvalue weighted by Gasteiger charge is -2.28. The third-order valence-electron chi connectivity index (χ3n) is 5.21. The fraction of sp³-hybridized carbons (Fsp3) is 0.500. The Bertz CT molecular complexity index is 1270. The van der Waals surface area contributed by atoms with Crippen LogP contribution in [-0.2, 0) is 30.6 Å². The number of rotatable bonds is 10. The lowest BCUT2D eigenvalue weighted by Crippen LogP contribution is -2.42. The van der Waals surface area contributed by atoms with Crippen LogP contribution in [0.25, 0.3) is 0 Å². The largest absolute Gasteiger partial charge is 0.462 e. The van der Waals surface area contributed by atoms with Crippen LogP contribution in [0.15, 0.2) is 46.1 Å². The van der Waals surface area contributed by atoms with E-state index in [-0.39, 0.29) is 11.7 Å². The van der Waals surface area contributed by atoms with E-state index in [2.05, 4.69) is 5.09 Å². The van der Waals surface area contributed by atoms with Gasteiger partial charge in [0.15, 0.2) is 6.23 Å². The topological polar surface area (TPSA) is 141 Å². The Kier molecular flexibility index (Phi) is 9.33. The van der Waals surface area contributed by atoms with Crippen molar-refractivity contribution in [3.05, 3.63) is 62.9 Å². The number of aryl methyl sites for hydroxylation is 1. The highest BCUT2D eigenvalue weighted by molar-refractivity contribution is 8.09. The van der Waals surface area contributed by atoms with Crippen LogP contribution in [0.1, 0.15) is 32.6 Å². The van der Waals surface area contributed by atoms with Crippen molar-refractivity contribution in [2.45, 2.75) is 63.4 Å². The number of nitrogens with one attached hydrogen (secondary N) is 2. The van der Waals surface area contributed by atoms with Crippen LogP contribution < -0.4 is 20.9 Å². The summed E-state index contributed by atoms with van der Waals surface area (Å²) >= 11 is 11.5. The number of hydrogen-bond acceptors (Lipinski definition) is 9. The van der Waals surface area contributed by atoms with Crippen LogP contribution in [-0.4, -0.2) is 56.7 Å². The number of H-pyrrole nitrogens is 1. The number of ether oxygens (including phenoxy) is 2. The summed E-state index contributed by atoms with van der Waals surface area (Å²) in [6.45, 7) is 2.26. The standard InChI is InChI=1S/C22H28ClFN3O8PS/c1-12(2)33-19(30)14(4)26-36(37,35-15-8-6-5-7-9-15)32-11-16-17(28)22(23,24)20(34-16)27-10-13(3)18(29)25-21(27)31/h5-10,12,14,16-17,20,28H,11H2,1-4H3,(H,26,37)(H,25,29,31)/t14-,16+,17+,20+,22+,36?/m0/s1. The quantitative estimate of drug-likeness (QED) is 0.218. The molecular weight excluding hydrogens is 552 g/mol. The van der Waals surface area contributed by atoms with Crippen LogP contribution >= 0.6 is 18.2 Å². The molecule has 37 heavy (non-hydrogen) atoms. The first-order chi connectivity index (χ1) is 17.2. The first-order valence-electron chi connectivity index (χ1n) is 11.2. The van der Waals surface area contributed by atoms with Crippen LogP contribution in [0.2, 0.25) is 0 Å². The lowest BCUT2D eigenvalue weighted by atomic mass is 10.1. The lowest BCUT2D eigenvalue weighted by molar-refractivity contribution is -0.149. The number of para-hydroxylation sites is 1. The highest BCUT2D eigenvalue weighted by Crippen LogP contribution is 2.48. The normalized spacial score (nSPS) is 26.0. The van der Waals surface area contributed by atoms with E-state index in [0.717, 1.165) is 10.8 Å². The van der Waals surface area contributed by atoms with Gasteiger partial charge in [0.2, 0.25) is 0 Å². The summed E-state index contributed by atoms with van der Waals surface area (Å²) in [5.41, 5.74) is -1.54. The molecule has 0 radical (unpaired) electrons. The molecule has 3 rings (SSSR count). The molecule has 1 unspecified atom stereocenters. The van der Waals surface area contributed by atoms with Crippen LogP contribution in [0.3, 0.4) is 0 Å². The summed E-state index contributed by atoms with van der Waals surface area (Å²) in [6.07, 6.45) is -4.44. The Hall–Kier alpha value is -2.12. The van der Waals surface area contributed by atoms with E-state index in [1.54, 1.807) is 44.2 Å². The van der Waals surface area contributed by atoms with Gasteiger partial charge in [-0.1, -0.05) is 29.8 Å². The van der Waals surface area contributed by atoms with Crippen molar-refractivity contribution in [3.63, 3.8) is 0 Å². The van der Waals surface area contributed by atoms with E-state index in [9.17, 15) is 19.5 Å². The third-order valence-corrected chi connectivity index (χ3v) is 8.12. The van der Waals surface area contributed by atoms with Gasteiger partial charge in [0, 0.05) is 11.8 Å². The molecule has 6 atom stereocenters. The zero-order valence-electron chi connectivity index (χ0n) is 20.4. The Balaban J connectivity index is 1.82. The number of nitrogens with zero attached hydrogens (tertiary/aromatic N) is 1. The summed E-state index contributed by atoms with van der Waals surface area (Å²) in [5, 5.41) is 10.4. The minimum absolute atomic E-state index is 0.100. The van der Waals surface area contributed by atoms with Gasteiger partial charge >= 0.3 is 18.3 Å². The summed E-state index contributed by atoms with van der Waals surface area (Å²) in [6, 6.07) is 7.48. The molecule has 0 bridgehead atoms. The predicted molar refractivity (Wildman–Crippen MR) is 137 cm³/mol. The highest BCUT2D eigenvalue weighted by Gasteiger charge is 2.58. The maximum atomic E-state index is 15.4. The number of aromatic amines is 1. The van der Waals surface area contributed by atoms with Crippen molar-refractivity contribution in [1.82, 2.24) is 14.6 Å². The molecule has 0 spiro atoms. The molecule has 2 aromatic rings. The van der Waals surface area contributed by atoms with Gasteiger partial charge in [-0.25, -0.2) is 14.3 Å². The number of hydrogen-bond donors (Lipinski definition) is 3. The smallest absolute Gasteiger partial charge is 0.330 e. The SMILES string of the molecule is Cc1cn([C@@H]2O[C@H](COP(=S)(N[C@@H](C)C(=O)OC(C)C)Oc3ccccc3)[C@@H](O)[C@]2(F)Cl)c(=O)[nH]c1=O. The van der Waals surface area contributed by atoms with Crippen LogP contribution in [0.5, 0.6) is 5.75 Å². The van der Waals surface area contributed by atoms with Gasteiger partial charge in [0.05, 0.1) is 12.7 Å². The Labute approximate surface area is 222 Å². The summed E-state index contributed by atoms with van der Waals surface area (Å²) in [4.78, 5) is 38.3. The molecule has 15 heteroatoms. The van der Waals surface area contributed by atoms with Gasteiger partial charge in [0.1, 0.15) is 24.0 Å². The first-order valence-corrected chi connectivity index (χ1v) is 14.3. The van der Waals surface area contributed by atoms with Gasteiger partial charge in [0.25, 0.3) is 10.7 Å². The van der Waals surface area contributed by atoms with Gasteiger partial charge in [-0.3, -0.25) is 19.1 Å². The minimum Gasteiger partial charge on any atom is -0.462 e. The number of carbonyl (C=O) groups excluding carboxylic acids is 1. The maximum Gasteiger partial charge on any atom is 0.330 e. The van der Waals surface area contributed by atoms with E-state index in [1.807, 2.05) is 4.98 Å². The minimum atomic E-state index is -3.52. The fourth-order valence-electron chi connectivity index (χ4n) is 3.37. The molecular formula is C22H28ClFN3O8PS. The first kappa shape index (κ1) is 29.4. The van der Waals surface area contributed by atoms with E-state index in [4.69, 9.17) is 41.9 Å². The molecule has 1 saturated heterocycles. The molecule has 0 amide bonds. The average molecular weight is 580 g/mol. The molecule has 0 saturated carbocycles. The second-order valence-corrected chi connectivity index (χ2v) is 12.4. The van der Waals surface area contributed by atoms with E-state index >= 15 is 4.39 Å². The Morgan fingerprint density at radius 3 is 2.62 bits per heavy atom. The van der Waals surface area contributed by atoms with Crippen molar-refractivity contribution in [2.75, 3.05) is 6.61 Å². The molecule has 1 aliphatic rings. The second-order valence-electron chi connectivity index (χ2n) is 8.66. The molecule has 1 aliphatic heterocycles. The average Bonchev–Trinajstić information content (AvgIpc) is 3.03. The van der Waals surface area contributed by atoms with E-state index < -0.39 is 60.1 Å². The van der Waals surface area contributed by atoms with Crippen LogP contribution in [0.4, 0.5) is 4.39 Å². The number of aliphatic hydroxyl groups excluding tert-OH is 1. The van der Waals surface area contributed by atoms with Crippen molar-refractivity contribution in [2.24, 2.45) is 0 Å². The number of aromatic nitrogens is 2. The Morgan fingerprint density at radius 1 is 1.35 bits per heavy atom. The molecule has 1 aromatic heterocycles. The van der Waals surface area contributed by atoms with Crippen molar-refractivity contribution >= 4 is 36.0 Å². The number of carbonyl (C=O) groups is 1. The molecule has 3 N–H and O–H groups in total. The van der Waals surface area contributed by atoms with Gasteiger partial charge in [-0.2, -0.15) is 0 Å². The maximum absolute atomic E-state index is 15.4. The molecule has 1 aromatic carbocycles. The van der Waals surface area contributed by atoms with Crippen molar-refractivity contribution < 1.29 is 32.8 Å². The van der Waals surface area contributed by atoms with E-state index in [0.29, 0.717) is 5.75 Å². The van der Waals surface area contributed by atoms with Crippen molar-refractivity contribution in [1.29, 1.82) is 0 Å². The molecule has 0 aliphatic carbocycles. The summed E-state index contributed by atoms with van der Waals surface area (Å²) < 4.78 is 38.5. The number of esters is 1. The van der Waals surface area contributed by atoms with E-state index in [1.165, 1.54) is 13.8 Å². The molecule has 204 valence electrons. The third kappa shape index (κ3) is 7.05. The number of halogens is 2. The fourth-order valence-corrected chi connectivity index (χ4v) is 6.09. The number of benzene rings is 1. The van der Waals surface area contributed by atoms with Crippen molar-refractivity contribution in [3.8, 4) is 5.75 Å². The zero-order chi connectivity index (χ0) is 27.5. The van der Waals surface area contributed by atoms with Crippen LogP contribution in [0, 0.1) is 6.92 Å².